The highest BCUT2D eigenvalue weighted by Gasteiger charge is 2.35. The lowest BCUT2D eigenvalue weighted by Gasteiger charge is -2.45. The van der Waals surface area contributed by atoms with E-state index in [1.165, 1.54) is 9.80 Å². The van der Waals surface area contributed by atoms with Gasteiger partial charge in [0.15, 0.2) is 35.7 Å². The zero-order valence-electron chi connectivity index (χ0n) is 33.7. The number of likely N-dealkylation sites (N-methyl/N-ethyl adjacent to an activating group) is 2. The molecule has 0 bridgehead atoms. The molecule has 58 heavy (non-hydrogen) atoms. The second-order valence-corrected chi connectivity index (χ2v) is 15.2. The summed E-state index contributed by atoms with van der Waals surface area (Å²) in [6, 6.07) is 15.2. The van der Waals surface area contributed by atoms with Crippen molar-refractivity contribution in [2.75, 3.05) is 92.1 Å². The van der Waals surface area contributed by atoms with Gasteiger partial charge >= 0.3 is 0 Å². The molecule has 1 saturated heterocycles. The number of likely N-dealkylation sites (tertiary alicyclic amines) is 1. The molecule has 1 aliphatic rings. The third kappa shape index (κ3) is 14.4. The van der Waals surface area contributed by atoms with Crippen LogP contribution in [-0.2, 0) is 32.0 Å². The van der Waals surface area contributed by atoms with Crippen LogP contribution in [0.3, 0.4) is 0 Å². The minimum Gasteiger partial charge on any atom is -0.484 e. The molecule has 0 spiro atoms. The minimum atomic E-state index is -0.444. The number of piperidine rings is 1. The number of nitrogens with zero attached hydrogens (tertiary/aromatic N) is 5. The van der Waals surface area contributed by atoms with Gasteiger partial charge in [0.05, 0.1) is 45.3 Å². The Labute approximate surface area is 344 Å². The van der Waals surface area contributed by atoms with Gasteiger partial charge in [-0.25, -0.2) is 9.97 Å². The number of quaternary nitrogens is 1. The summed E-state index contributed by atoms with van der Waals surface area (Å²) in [5.74, 6) is -0.612. The Balaban J connectivity index is 1.34. The second kappa shape index (κ2) is 21.7. The van der Waals surface area contributed by atoms with Crippen molar-refractivity contribution in [3.8, 4) is 11.5 Å². The van der Waals surface area contributed by atoms with E-state index in [9.17, 15) is 24.0 Å². The van der Waals surface area contributed by atoms with Gasteiger partial charge in [0.25, 0.3) is 17.7 Å². The molecule has 18 heteroatoms. The fourth-order valence-corrected chi connectivity index (χ4v) is 6.75. The summed E-state index contributed by atoms with van der Waals surface area (Å²) in [7, 11) is 6.49. The average molecular weight is 824 g/mol. The first-order chi connectivity index (χ1) is 27.6. The van der Waals surface area contributed by atoms with Gasteiger partial charge in [-0.1, -0.05) is 35.9 Å². The molecular formula is C40H56ClN10O7+. The lowest BCUT2D eigenvalue weighted by atomic mass is 9.99. The van der Waals surface area contributed by atoms with Crippen molar-refractivity contribution < 1.29 is 37.9 Å². The normalized spacial score (nSPS) is 14.5. The van der Waals surface area contributed by atoms with Crippen LogP contribution in [0.5, 0.6) is 11.5 Å². The highest BCUT2D eigenvalue weighted by atomic mass is 35.5. The van der Waals surface area contributed by atoms with Gasteiger partial charge in [-0.2, -0.15) is 0 Å². The van der Waals surface area contributed by atoms with Gasteiger partial charge < -0.3 is 51.2 Å². The number of anilines is 2. The number of hydrogen-bond donors (Lipinski definition) is 5. The number of aryl methyl sites for hydroxylation is 2. The summed E-state index contributed by atoms with van der Waals surface area (Å²) in [4.78, 5) is 71.8. The number of ether oxygens (including phenoxy) is 2. The highest BCUT2D eigenvalue weighted by molar-refractivity contribution is 6.31. The Morgan fingerprint density at radius 3 is 1.71 bits per heavy atom. The zero-order chi connectivity index (χ0) is 42.2. The molecule has 0 aliphatic carbocycles. The van der Waals surface area contributed by atoms with E-state index in [4.69, 9.17) is 32.5 Å². The lowest BCUT2D eigenvalue weighted by molar-refractivity contribution is -0.933. The fraction of sp³-hybridized carbons (Fsp3) is 0.475. The highest BCUT2D eigenvalue weighted by Crippen LogP contribution is 2.25. The first-order valence-corrected chi connectivity index (χ1v) is 19.6. The molecule has 1 fully saturated rings. The molecule has 2 heterocycles. The van der Waals surface area contributed by atoms with E-state index in [0.717, 1.165) is 80.3 Å². The van der Waals surface area contributed by atoms with Crippen molar-refractivity contribution in [3.63, 3.8) is 0 Å². The Bertz CT molecular complexity index is 1790. The molecule has 314 valence electrons. The van der Waals surface area contributed by atoms with Crippen molar-refractivity contribution in [1.29, 1.82) is 0 Å². The minimum absolute atomic E-state index is 0.0389. The van der Waals surface area contributed by atoms with E-state index < -0.39 is 5.91 Å². The van der Waals surface area contributed by atoms with Crippen LogP contribution in [0.1, 0.15) is 47.3 Å². The largest absolute Gasteiger partial charge is 0.484 e. The standard InChI is InChI=1S/C40H55ClN10O7/c1-49(2)34(54)22-44-32(52)25-57-30-15-11-27(12-16-30)8-5-19-51(21-7-10-29(24-51)46-40(56)36-38(42)48-39(43)37(41)47-36)20-6-9-28-13-17-31(18-14-28)58-26-33(53)45-23-35(55)50(3)4/h11-18,29H,5-10,19-26H2,1-4H3,(H6-,42,43,44,45,46,48,52,53,56)/p+1/t29-/m0/s1. The number of nitrogens with one attached hydrogen (secondary N) is 3. The summed E-state index contributed by atoms with van der Waals surface area (Å²) < 4.78 is 12.1. The molecule has 5 amide bonds. The maximum Gasteiger partial charge on any atom is 0.274 e. The number of rotatable bonds is 20. The van der Waals surface area contributed by atoms with E-state index in [0.29, 0.717) is 11.5 Å². The van der Waals surface area contributed by atoms with Crippen LogP contribution < -0.4 is 36.9 Å². The number of carbonyl (C=O) groups excluding carboxylic acids is 5. The molecule has 2 aromatic carbocycles. The van der Waals surface area contributed by atoms with Gasteiger partial charge in [-0.3, -0.25) is 24.0 Å². The quantitative estimate of drug-likeness (QED) is 0.103. The number of nitrogens with two attached hydrogens (primary N) is 2. The van der Waals surface area contributed by atoms with Gasteiger partial charge in [0.1, 0.15) is 11.5 Å². The van der Waals surface area contributed by atoms with Crippen LogP contribution >= 0.6 is 11.6 Å². The molecule has 17 nitrogen and oxygen atoms in total. The maximum absolute atomic E-state index is 13.3. The van der Waals surface area contributed by atoms with Crippen molar-refractivity contribution in [2.24, 2.45) is 0 Å². The summed E-state index contributed by atoms with van der Waals surface area (Å²) in [6.07, 6.45) is 5.17. The van der Waals surface area contributed by atoms with Crippen molar-refractivity contribution >= 4 is 52.8 Å². The fourth-order valence-electron chi connectivity index (χ4n) is 6.63. The molecule has 3 aromatic rings. The van der Waals surface area contributed by atoms with Crippen LogP contribution in [0.15, 0.2) is 48.5 Å². The topological polar surface area (TPSA) is 224 Å². The Hall–Kier alpha value is -5.68. The number of halogens is 1. The van der Waals surface area contributed by atoms with Gasteiger partial charge in [0.2, 0.25) is 11.8 Å². The number of hydrogen-bond acceptors (Lipinski definition) is 11. The van der Waals surface area contributed by atoms with Crippen LogP contribution in [0, 0.1) is 0 Å². The van der Waals surface area contributed by atoms with Crippen molar-refractivity contribution in [2.45, 2.75) is 44.6 Å². The summed E-state index contributed by atoms with van der Waals surface area (Å²) in [5.41, 5.74) is 13.9. The smallest absolute Gasteiger partial charge is 0.274 e. The third-order valence-corrected chi connectivity index (χ3v) is 10.2. The number of carbonyl (C=O) groups is 5. The maximum atomic E-state index is 13.3. The van der Waals surface area contributed by atoms with Crippen LogP contribution in [0.25, 0.3) is 0 Å². The number of benzene rings is 2. The number of nitrogen functional groups attached to an aromatic ring is 2. The average Bonchev–Trinajstić information content (AvgIpc) is 3.19. The molecule has 0 radical (unpaired) electrons. The lowest BCUT2D eigenvalue weighted by Crippen LogP contribution is -2.60. The molecule has 0 unspecified atom stereocenters. The van der Waals surface area contributed by atoms with E-state index in [1.54, 1.807) is 28.2 Å². The molecule has 7 N–H and O–H groups in total. The van der Waals surface area contributed by atoms with Gasteiger partial charge in [-0.05, 0) is 61.1 Å². The first kappa shape index (κ1) is 45.0. The molecule has 0 saturated carbocycles. The SMILES string of the molecule is CN(C)C(=O)CNC(=O)COc1ccc(CCC[N+]2(CCCc3ccc(OCC(=O)NCC(=O)N(C)C)cc3)CCC[C@H](NC(=O)c3nc(Cl)c(N)nc3N)C2)cc1. The van der Waals surface area contributed by atoms with E-state index in [1.807, 2.05) is 48.5 Å². The Morgan fingerprint density at radius 2 is 1.24 bits per heavy atom. The van der Waals surface area contributed by atoms with Crippen molar-refractivity contribution in [1.82, 2.24) is 35.7 Å². The van der Waals surface area contributed by atoms with Gasteiger partial charge in [-0.15, -0.1) is 0 Å². The summed E-state index contributed by atoms with van der Waals surface area (Å²) >= 11 is 6.06. The number of aromatic nitrogens is 2. The first-order valence-electron chi connectivity index (χ1n) is 19.2. The van der Waals surface area contributed by atoms with Crippen LogP contribution in [0.2, 0.25) is 5.15 Å². The monoisotopic (exact) mass is 823 g/mol. The van der Waals surface area contributed by atoms with Crippen LogP contribution in [0.4, 0.5) is 11.6 Å². The van der Waals surface area contributed by atoms with Crippen LogP contribution in [-0.4, -0.2) is 141 Å². The Kier molecular flexibility index (Phi) is 16.9. The molecule has 1 aromatic heterocycles. The predicted molar refractivity (Wildman–Crippen MR) is 220 cm³/mol. The van der Waals surface area contributed by atoms with Gasteiger partial charge in [0, 0.05) is 41.0 Å². The van der Waals surface area contributed by atoms with E-state index in [-0.39, 0.29) is 78.5 Å². The molecular weight excluding hydrogens is 768 g/mol. The second-order valence-electron chi connectivity index (χ2n) is 14.8. The van der Waals surface area contributed by atoms with E-state index >= 15 is 0 Å². The van der Waals surface area contributed by atoms with Crippen molar-refractivity contribution in [3.05, 3.63) is 70.5 Å². The molecule has 1 atom stereocenters. The van der Waals surface area contributed by atoms with E-state index in [2.05, 4.69) is 25.9 Å². The molecule has 4 rings (SSSR count). The Morgan fingerprint density at radius 1 is 0.759 bits per heavy atom. The predicted octanol–water partition coefficient (Wildman–Crippen LogP) is 1.44. The third-order valence-electron chi connectivity index (χ3n) is 9.90. The summed E-state index contributed by atoms with van der Waals surface area (Å²) in [6.45, 7) is 2.91. The molecule has 1 aliphatic heterocycles. The zero-order valence-corrected chi connectivity index (χ0v) is 34.5. The summed E-state index contributed by atoms with van der Waals surface area (Å²) in [5, 5.41) is 8.15. The number of amides is 5.